The lowest BCUT2D eigenvalue weighted by molar-refractivity contribution is -0.137. The number of benzene rings is 10. The normalized spacial score (nSPS) is 11.6. The van der Waals surface area contributed by atoms with Crippen molar-refractivity contribution in [2.24, 2.45) is 0 Å². The molecule has 0 atom stereocenters. The standard InChI is InChI=1S/C83H52F3N7/c1-52-15-14-24-71(83(84,85)86)82(52)65-49-80(92-76-45-57(61-33-37-88-72(41-61)53-16-6-2-7-17-53)25-29-66(76)67-30-26-58(46-77(67)92)62-34-38-89-73(42-62)54-18-8-3-9-19-54)70(51-87)81(50-65)93-78-47-59(63-35-39-90-74(43-63)55-20-10-4-11-21-55)27-31-68(78)69-32-28-60(48-79(69)93)64-36-40-91-75(44-64)56-22-12-5-13-23-56/h2-50H,1H3. The van der Waals surface area contributed by atoms with E-state index in [0.29, 0.717) is 16.9 Å². The summed E-state index contributed by atoms with van der Waals surface area (Å²) in [5, 5.41) is 15.9. The molecule has 10 aromatic carbocycles. The molecule has 6 aromatic heterocycles. The third-order valence-corrected chi connectivity index (χ3v) is 17.7. The Morgan fingerprint density at radius 3 is 0.903 bits per heavy atom. The fraction of sp³-hybridized carbons (Fsp3) is 0.0241. The van der Waals surface area contributed by atoms with Crippen molar-refractivity contribution in [3.8, 4) is 118 Å². The lowest BCUT2D eigenvalue weighted by atomic mass is 9.92. The Kier molecular flexibility index (Phi) is 13.8. The van der Waals surface area contributed by atoms with Gasteiger partial charge in [0, 0.05) is 68.6 Å². The highest BCUT2D eigenvalue weighted by molar-refractivity contribution is 6.13. The number of hydrogen-bond acceptors (Lipinski definition) is 5. The summed E-state index contributed by atoms with van der Waals surface area (Å²) in [5.41, 5.74) is 18.1. The third kappa shape index (κ3) is 10.1. The topological polar surface area (TPSA) is 85.2 Å². The Morgan fingerprint density at radius 1 is 0.312 bits per heavy atom. The van der Waals surface area contributed by atoms with Gasteiger partial charge in [0.1, 0.15) is 11.6 Å². The van der Waals surface area contributed by atoms with E-state index in [-0.39, 0.29) is 16.7 Å². The van der Waals surface area contributed by atoms with Gasteiger partial charge in [0.05, 0.1) is 61.8 Å². The van der Waals surface area contributed by atoms with Crippen molar-refractivity contribution in [1.82, 2.24) is 29.1 Å². The zero-order valence-corrected chi connectivity index (χ0v) is 50.1. The summed E-state index contributed by atoms with van der Waals surface area (Å²) in [7, 11) is 0. The van der Waals surface area contributed by atoms with Crippen LogP contribution in [0.5, 0.6) is 0 Å². The van der Waals surface area contributed by atoms with Gasteiger partial charge in [-0.15, -0.1) is 0 Å². The molecule has 0 aliphatic carbocycles. The molecule has 93 heavy (non-hydrogen) atoms. The lowest BCUT2D eigenvalue weighted by Crippen LogP contribution is -2.10. The van der Waals surface area contributed by atoms with Crippen molar-refractivity contribution in [2.45, 2.75) is 13.1 Å². The predicted molar refractivity (Wildman–Crippen MR) is 370 cm³/mol. The Morgan fingerprint density at radius 2 is 0.613 bits per heavy atom. The number of aromatic nitrogens is 6. The number of nitriles is 1. The van der Waals surface area contributed by atoms with Crippen molar-refractivity contribution in [3.05, 3.63) is 314 Å². The molecule has 6 heterocycles. The molecule has 0 amide bonds. The van der Waals surface area contributed by atoms with Crippen molar-refractivity contribution in [1.29, 1.82) is 5.26 Å². The fourth-order valence-electron chi connectivity index (χ4n) is 13.3. The molecule has 0 aliphatic heterocycles. The summed E-state index contributed by atoms with van der Waals surface area (Å²) in [5.74, 6) is 0. The van der Waals surface area contributed by atoms with Crippen LogP contribution in [0, 0.1) is 18.3 Å². The van der Waals surface area contributed by atoms with Crippen molar-refractivity contribution in [2.75, 3.05) is 0 Å². The van der Waals surface area contributed by atoms with Crippen LogP contribution in [0.25, 0.3) is 156 Å². The van der Waals surface area contributed by atoms with Gasteiger partial charge in [0.15, 0.2) is 0 Å². The van der Waals surface area contributed by atoms with Gasteiger partial charge in [-0.25, -0.2) is 0 Å². The molecule has 16 rings (SSSR count). The second-order valence-electron chi connectivity index (χ2n) is 23.3. The molecule has 0 radical (unpaired) electrons. The van der Waals surface area contributed by atoms with Gasteiger partial charge in [-0.2, -0.15) is 18.4 Å². The average molecular weight is 1200 g/mol. The van der Waals surface area contributed by atoms with Crippen molar-refractivity contribution < 1.29 is 13.2 Å². The maximum absolute atomic E-state index is 15.9. The second kappa shape index (κ2) is 22.9. The third-order valence-electron chi connectivity index (χ3n) is 17.7. The Balaban J connectivity index is 1.02. The largest absolute Gasteiger partial charge is 0.417 e. The van der Waals surface area contributed by atoms with E-state index in [1.807, 2.05) is 170 Å². The fourth-order valence-corrected chi connectivity index (χ4v) is 13.3. The van der Waals surface area contributed by atoms with Crippen molar-refractivity contribution in [3.63, 3.8) is 0 Å². The van der Waals surface area contributed by atoms with E-state index in [1.54, 1.807) is 25.1 Å². The summed E-state index contributed by atoms with van der Waals surface area (Å²) >= 11 is 0. The maximum Gasteiger partial charge on any atom is 0.417 e. The van der Waals surface area contributed by atoms with Gasteiger partial charge in [-0.3, -0.25) is 19.9 Å². The lowest BCUT2D eigenvalue weighted by Gasteiger charge is -2.21. The number of halogens is 3. The first kappa shape index (κ1) is 56.0. The van der Waals surface area contributed by atoms with E-state index in [9.17, 15) is 5.26 Å². The van der Waals surface area contributed by atoms with Gasteiger partial charge in [0.25, 0.3) is 0 Å². The number of alkyl halides is 3. The van der Waals surface area contributed by atoms with Crippen LogP contribution in [0.4, 0.5) is 13.2 Å². The molecular weight excluding hydrogens is 1150 g/mol. The van der Waals surface area contributed by atoms with Gasteiger partial charge >= 0.3 is 6.18 Å². The molecule has 7 nitrogen and oxygen atoms in total. The van der Waals surface area contributed by atoms with Gasteiger partial charge in [-0.1, -0.05) is 182 Å². The molecule has 0 bridgehead atoms. The van der Waals surface area contributed by atoms with E-state index in [1.165, 1.54) is 6.07 Å². The van der Waals surface area contributed by atoms with Crippen LogP contribution >= 0.6 is 0 Å². The maximum atomic E-state index is 15.9. The summed E-state index contributed by atoms with van der Waals surface area (Å²) in [6, 6.07) is 92.2. The monoisotopic (exact) mass is 1200 g/mol. The Bertz CT molecular complexity index is 5050. The highest BCUT2D eigenvalue weighted by Gasteiger charge is 2.35. The highest BCUT2D eigenvalue weighted by atomic mass is 19.4. The number of aryl methyl sites for hydroxylation is 1. The van der Waals surface area contributed by atoms with E-state index in [2.05, 4.69) is 112 Å². The molecule has 0 spiro atoms. The van der Waals surface area contributed by atoms with E-state index in [0.717, 1.165) is 139 Å². The molecule has 10 heteroatoms. The van der Waals surface area contributed by atoms with Gasteiger partial charge < -0.3 is 9.13 Å². The van der Waals surface area contributed by atoms with Crippen LogP contribution < -0.4 is 0 Å². The minimum absolute atomic E-state index is 0.00666. The SMILES string of the molecule is Cc1cccc(C(F)(F)F)c1-c1cc(-n2c3cc(-c4ccnc(-c5ccccc5)c4)ccc3c3ccc(-c4ccnc(-c5ccccc5)c4)cc32)c(C#N)c(-n2c3cc(-c4ccnc(-c5ccccc5)c4)ccc3c3ccc(-c4ccnc(-c5ccccc5)c4)cc32)c1. The summed E-state index contributed by atoms with van der Waals surface area (Å²) in [6.45, 7) is 1.72. The molecule has 0 saturated heterocycles. The highest BCUT2D eigenvalue weighted by Crippen LogP contribution is 2.47. The number of fused-ring (bicyclic) bond motifs is 6. The molecule has 0 fully saturated rings. The minimum Gasteiger partial charge on any atom is -0.308 e. The van der Waals surface area contributed by atoms with E-state index in [4.69, 9.17) is 19.9 Å². The Hall–Kier alpha value is -12.3. The molecule has 0 unspecified atom stereocenters. The number of pyridine rings is 4. The van der Waals surface area contributed by atoms with Crippen LogP contribution in [0.2, 0.25) is 0 Å². The zero-order chi connectivity index (χ0) is 62.7. The molecular formula is C83H52F3N7. The van der Waals surface area contributed by atoms with Crippen LogP contribution in [-0.4, -0.2) is 29.1 Å². The Labute approximate surface area is 533 Å². The molecule has 440 valence electrons. The van der Waals surface area contributed by atoms with Gasteiger partial charge in [-0.05, 0) is 159 Å². The molecule has 16 aromatic rings. The van der Waals surface area contributed by atoms with Crippen LogP contribution in [-0.2, 0) is 6.18 Å². The zero-order valence-electron chi connectivity index (χ0n) is 50.1. The van der Waals surface area contributed by atoms with Gasteiger partial charge in [0.2, 0.25) is 0 Å². The smallest absolute Gasteiger partial charge is 0.308 e. The van der Waals surface area contributed by atoms with Crippen molar-refractivity contribution >= 4 is 43.6 Å². The first-order valence-corrected chi connectivity index (χ1v) is 30.6. The number of hydrogen-bond donors (Lipinski definition) is 0. The summed E-state index contributed by atoms with van der Waals surface area (Å²) in [4.78, 5) is 19.1. The minimum atomic E-state index is -4.75. The van der Waals surface area contributed by atoms with E-state index >= 15 is 13.2 Å². The first-order valence-electron chi connectivity index (χ1n) is 30.6. The van der Waals surface area contributed by atoms with Crippen LogP contribution in [0.3, 0.4) is 0 Å². The van der Waals surface area contributed by atoms with E-state index < -0.39 is 11.7 Å². The average Bonchev–Trinajstić information content (AvgIpc) is 1.61. The molecule has 0 aliphatic rings. The second-order valence-corrected chi connectivity index (χ2v) is 23.3. The number of rotatable bonds is 11. The summed E-state index contributed by atoms with van der Waals surface area (Å²) < 4.78 is 52.0. The summed E-state index contributed by atoms with van der Waals surface area (Å²) in [6.07, 6.45) is 2.48. The van der Waals surface area contributed by atoms with Crippen LogP contribution in [0.1, 0.15) is 16.7 Å². The van der Waals surface area contributed by atoms with Crippen LogP contribution in [0.15, 0.2) is 298 Å². The quantitative estimate of drug-likeness (QED) is 0.129. The first-order chi connectivity index (χ1) is 45.6. The molecule has 0 N–H and O–H groups in total. The predicted octanol–water partition coefficient (Wildman–Crippen LogP) is 21.7. The molecule has 0 saturated carbocycles. The number of nitrogens with zero attached hydrogens (tertiary/aromatic N) is 7.